The SMILES string of the molecule is Cc1cc(C)c(N2/C(=C\C=C3C(=O)c4c(Cl)c(Cl)c(Cl)c(Cl)c4C3=O)C3(CCC3)c3c2ccc2ccccc32)c(C)c1. The quantitative estimate of drug-likeness (QED) is 0.0954. The van der Waals surface area contributed by atoms with Gasteiger partial charge in [-0.3, -0.25) is 9.59 Å². The van der Waals surface area contributed by atoms with Crippen molar-refractivity contribution in [2.24, 2.45) is 0 Å². The number of nitrogens with zero attached hydrogens (tertiary/aromatic N) is 1. The Kier molecular flexibility index (Phi) is 6.42. The van der Waals surface area contributed by atoms with Crippen LogP contribution in [0.3, 0.4) is 0 Å². The highest BCUT2D eigenvalue weighted by atomic mass is 35.5. The minimum atomic E-state index is -0.504. The largest absolute Gasteiger partial charge is 0.312 e. The van der Waals surface area contributed by atoms with Crippen molar-refractivity contribution in [1.29, 1.82) is 0 Å². The molecule has 2 aliphatic carbocycles. The van der Waals surface area contributed by atoms with Crippen molar-refractivity contribution in [2.45, 2.75) is 45.4 Å². The maximum atomic E-state index is 13.6. The van der Waals surface area contributed by atoms with Gasteiger partial charge in [0.05, 0.1) is 48.2 Å². The van der Waals surface area contributed by atoms with Crippen molar-refractivity contribution in [1.82, 2.24) is 0 Å². The number of hydrogen-bond donors (Lipinski definition) is 0. The lowest BCUT2D eigenvalue weighted by atomic mass is 9.62. The molecule has 210 valence electrons. The summed E-state index contributed by atoms with van der Waals surface area (Å²) in [6.45, 7) is 6.37. The molecule has 0 amide bonds. The molecular weight excluding hydrogens is 608 g/mol. The minimum absolute atomic E-state index is 0.00635. The van der Waals surface area contributed by atoms with Crippen LogP contribution in [0, 0.1) is 20.8 Å². The first-order chi connectivity index (χ1) is 20.1. The molecule has 0 saturated heterocycles. The number of aryl methyl sites for hydroxylation is 3. The molecule has 3 aliphatic rings. The summed E-state index contributed by atoms with van der Waals surface area (Å²) in [5, 5.41) is 2.23. The maximum absolute atomic E-state index is 13.6. The highest BCUT2D eigenvalue weighted by Gasteiger charge is 2.52. The van der Waals surface area contributed by atoms with Gasteiger partial charge in [-0.15, -0.1) is 0 Å². The average molecular weight is 633 g/mol. The molecule has 1 heterocycles. The standard InChI is InChI=1S/C35H25Cl4NO2/c1-17-15-18(2)32(19(3)16-17)40-23-11-9-20-7-4-5-8-21(20)27(23)35(13-6-14-35)24(40)12-10-22-33(41)25-26(34(22)42)29(37)31(39)30(38)28(25)36/h4-5,7-12,15-16H,6,13-14H2,1-3H3/b24-12-. The zero-order chi connectivity index (χ0) is 29.7. The topological polar surface area (TPSA) is 37.4 Å². The van der Waals surface area contributed by atoms with Crippen molar-refractivity contribution >= 4 is 80.1 Å². The first-order valence-electron chi connectivity index (χ1n) is 13.8. The fraction of sp³-hybridized carbons (Fsp3) is 0.200. The van der Waals surface area contributed by atoms with Gasteiger partial charge < -0.3 is 4.90 Å². The number of carbonyl (C=O) groups is 2. The van der Waals surface area contributed by atoms with Crippen molar-refractivity contribution in [2.75, 3.05) is 4.90 Å². The fourth-order valence-electron chi connectivity index (χ4n) is 7.20. The smallest absolute Gasteiger partial charge is 0.199 e. The van der Waals surface area contributed by atoms with Gasteiger partial charge in [-0.1, -0.05) is 101 Å². The van der Waals surface area contributed by atoms with E-state index < -0.39 is 11.6 Å². The van der Waals surface area contributed by atoms with Gasteiger partial charge in [0.15, 0.2) is 11.6 Å². The van der Waals surface area contributed by atoms with Crippen molar-refractivity contribution in [3.05, 3.63) is 125 Å². The number of halogens is 4. The summed E-state index contributed by atoms with van der Waals surface area (Å²) in [6, 6.07) is 17.3. The van der Waals surface area contributed by atoms with Crippen LogP contribution in [-0.4, -0.2) is 11.6 Å². The summed E-state index contributed by atoms with van der Waals surface area (Å²) in [5.74, 6) is -1.01. The van der Waals surface area contributed by atoms with E-state index in [2.05, 4.69) is 74.2 Å². The molecule has 0 N–H and O–H groups in total. The molecule has 0 aromatic heterocycles. The number of rotatable bonds is 2. The van der Waals surface area contributed by atoms with Gasteiger partial charge in [-0.25, -0.2) is 0 Å². The molecule has 0 radical (unpaired) electrons. The molecule has 1 fully saturated rings. The normalized spacial score (nSPS) is 17.8. The van der Waals surface area contributed by atoms with E-state index in [0.717, 1.165) is 47.5 Å². The summed E-state index contributed by atoms with van der Waals surface area (Å²) in [7, 11) is 0. The molecule has 4 aromatic rings. The summed E-state index contributed by atoms with van der Waals surface area (Å²) >= 11 is 25.3. The molecule has 4 aromatic carbocycles. The van der Waals surface area contributed by atoms with Gasteiger partial charge >= 0.3 is 0 Å². The number of ketones is 2. The third-order valence-electron chi connectivity index (χ3n) is 9.04. The molecule has 42 heavy (non-hydrogen) atoms. The third kappa shape index (κ3) is 3.67. The second-order valence-corrected chi connectivity index (χ2v) is 13.0. The van der Waals surface area contributed by atoms with Crippen molar-refractivity contribution < 1.29 is 9.59 Å². The number of fused-ring (bicyclic) bond motifs is 5. The van der Waals surface area contributed by atoms with Crippen LogP contribution in [0.15, 0.2) is 72.0 Å². The summed E-state index contributed by atoms with van der Waals surface area (Å²) in [6.07, 6.45) is 6.61. The maximum Gasteiger partial charge on any atom is 0.199 e. The Morgan fingerprint density at radius 3 is 1.93 bits per heavy atom. The third-order valence-corrected chi connectivity index (χ3v) is 10.8. The molecule has 3 nitrogen and oxygen atoms in total. The van der Waals surface area contributed by atoms with E-state index >= 15 is 0 Å². The molecule has 7 heteroatoms. The van der Waals surface area contributed by atoms with Gasteiger partial charge in [0.1, 0.15) is 0 Å². The monoisotopic (exact) mass is 631 g/mol. The van der Waals surface area contributed by atoms with Crippen molar-refractivity contribution in [3.63, 3.8) is 0 Å². The summed E-state index contributed by atoms with van der Waals surface area (Å²) < 4.78 is 0. The van der Waals surface area contributed by atoms with Gasteiger partial charge in [0.25, 0.3) is 0 Å². The molecule has 7 rings (SSSR count). The number of anilines is 2. The molecule has 1 spiro atoms. The molecule has 0 atom stereocenters. The Bertz CT molecular complexity index is 1910. The van der Waals surface area contributed by atoms with Crippen molar-refractivity contribution in [3.8, 4) is 0 Å². The summed E-state index contributed by atoms with van der Waals surface area (Å²) in [4.78, 5) is 29.6. The molecule has 1 aliphatic heterocycles. The van der Waals surface area contributed by atoms with E-state index in [1.54, 1.807) is 6.08 Å². The molecular formula is C35H25Cl4NO2. The van der Waals surface area contributed by atoms with Crippen LogP contribution in [0.25, 0.3) is 10.8 Å². The second-order valence-electron chi connectivity index (χ2n) is 11.5. The van der Waals surface area contributed by atoms with Crippen LogP contribution in [0.4, 0.5) is 11.4 Å². The van der Waals surface area contributed by atoms with E-state index in [4.69, 9.17) is 46.4 Å². The van der Waals surface area contributed by atoms with Crippen LogP contribution < -0.4 is 4.90 Å². The number of allylic oxidation sites excluding steroid dienone is 4. The predicted molar refractivity (Wildman–Crippen MR) is 174 cm³/mol. The lowest BCUT2D eigenvalue weighted by Gasteiger charge is -2.42. The lowest BCUT2D eigenvalue weighted by molar-refractivity contribution is 0.0989. The Morgan fingerprint density at radius 1 is 0.762 bits per heavy atom. The zero-order valence-corrected chi connectivity index (χ0v) is 26.2. The summed E-state index contributed by atoms with van der Waals surface area (Å²) in [5.41, 5.74) is 7.86. The van der Waals surface area contributed by atoms with Crippen LogP contribution in [0.1, 0.15) is 62.2 Å². The fourth-order valence-corrected chi connectivity index (χ4v) is 8.23. The number of hydrogen-bond acceptors (Lipinski definition) is 3. The molecule has 0 bridgehead atoms. The first-order valence-corrected chi connectivity index (χ1v) is 15.4. The zero-order valence-electron chi connectivity index (χ0n) is 23.2. The lowest BCUT2D eigenvalue weighted by Crippen LogP contribution is -2.36. The second kappa shape index (κ2) is 9.72. The van der Waals surface area contributed by atoms with Crippen LogP contribution in [-0.2, 0) is 5.41 Å². The Hall–Kier alpha value is -3.08. The predicted octanol–water partition coefficient (Wildman–Crippen LogP) is 10.8. The van der Waals surface area contributed by atoms with Gasteiger partial charge in [-0.2, -0.15) is 0 Å². The van der Waals surface area contributed by atoms with Gasteiger partial charge in [0, 0.05) is 11.1 Å². The molecule has 0 unspecified atom stereocenters. The van der Waals surface area contributed by atoms with Crippen LogP contribution in [0.2, 0.25) is 20.1 Å². The van der Waals surface area contributed by atoms with E-state index in [9.17, 15) is 9.59 Å². The van der Waals surface area contributed by atoms with E-state index in [1.165, 1.54) is 21.9 Å². The number of carbonyl (C=O) groups excluding carboxylic acids is 2. The Balaban J connectivity index is 1.49. The Labute approximate surface area is 264 Å². The highest BCUT2D eigenvalue weighted by molar-refractivity contribution is 6.57. The average Bonchev–Trinajstić information content (AvgIpc) is 3.37. The van der Waals surface area contributed by atoms with E-state index in [0.29, 0.717) is 0 Å². The van der Waals surface area contributed by atoms with Crippen LogP contribution >= 0.6 is 46.4 Å². The van der Waals surface area contributed by atoms with E-state index in [1.807, 2.05) is 6.08 Å². The van der Waals surface area contributed by atoms with Gasteiger partial charge in [0.2, 0.25) is 0 Å². The Morgan fingerprint density at radius 2 is 1.36 bits per heavy atom. The van der Waals surface area contributed by atoms with Gasteiger partial charge in [-0.05, 0) is 79.3 Å². The minimum Gasteiger partial charge on any atom is -0.312 e. The van der Waals surface area contributed by atoms with E-state index in [-0.39, 0.29) is 42.2 Å². The highest BCUT2D eigenvalue weighted by Crippen LogP contribution is 2.62. The van der Waals surface area contributed by atoms with Crippen LogP contribution in [0.5, 0.6) is 0 Å². The number of Topliss-reactive ketones (excluding diaryl/α,β-unsaturated/α-hetero) is 2. The molecule has 1 saturated carbocycles. The first kappa shape index (κ1) is 27.7. The number of benzene rings is 4.